The van der Waals surface area contributed by atoms with Crippen LogP contribution in [-0.4, -0.2) is 50.7 Å². The van der Waals surface area contributed by atoms with Crippen LogP contribution in [0.3, 0.4) is 0 Å². The third kappa shape index (κ3) is 4.32. The third-order valence-electron chi connectivity index (χ3n) is 7.30. The number of piperidine rings is 1. The molecule has 0 spiro atoms. The molecule has 7 heteroatoms. The van der Waals surface area contributed by atoms with Crippen LogP contribution in [0.15, 0.2) is 59.3 Å². The summed E-state index contributed by atoms with van der Waals surface area (Å²) < 4.78 is 7.57. The van der Waals surface area contributed by atoms with Gasteiger partial charge in [-0.05, 0) is 62.4 Å². The summed E-state index contributed by atoms with van der Waals surface area (Å²) in [6.45, 7) is 5.04. The minimum Gasteiger partial charge on any atom is -0.461 e. The van der Waals surface area contributed by atoms with E-state index < -0.39 is 0 Å². The number of aromatic nitrogens is 4. The van der Waals surface area contributed by atoms with Crippen LogP contribution in [0.4, 0.5) is 5.95 Å². The normalized spacial score (nSPS) is 18.4. The fraction of sp³-hybridized carbons (Fsp3) is 0.444. The number of nitrogens with zero attached hydrogens (tertiary/aromatic N) is 6. The van der Waals surface area contributed by atoms with Crippen molar-refractivity contribution in [2.24, 2.45) is 0 Å². The van der Waals surface area contributed by atoms with Crippen LogP contribution in [0.2, 0.25) is 0 Å². The van der Waals surface area contributed by atoms with Crippen molar-refractivity contribution in [2.75, 3.05) is 31.1 Å². The Balaban J connectivity index is 1.27. The van der Waals surface area contributed by atoms with Gasteiger partial charge in [-0.3, -0.25) is 4.90 Å². The third-order valence-corrected chi connectivity index (χ3v) is 7.30. The highest BCUT2D eigenvalue weighted by molar-refractivity contribution is 5.58. The maximum Gasteiger partial charge on any atom is 0.228 e. The standard InChI is InChI=1S/C27H32N6O/c1-2-7-15-32(14-6-1)27-28-19-23(26-29-25(30-33(26)27)24-11-8-18-34-24)20-31-16-12-22(13-17-31)21-9-4-3-5-10-21/h3-5,8-11,18-19,22H,1-2,6-7,12-17,20H2. The number of benzene rings is 1. The Hall–Kier alpha value is -3.19. The van der Waals surface area contributed by atoms with Gasteiger partial charge in [-0.1, -0.05) is 43.2 Å². The number of hydrogen-bond acceptors (Lipinski definition) is 6. The Bertz CT molecular complexity index is 1200. The van der Waals surface area contributed by atoms with Crippen molar-refractivity contribution in [1.82, 2.24) is 24.5 Å². The Morgan fingerprint density at radius 2 is 1.68 bits per heavy atom. The zero-order chi connectivity index (χ0) is 22.7. The molecule has 2 fully saturated rings. The topological polar surface area (TPSA) is 62.7 Å². The zero-order valence-corrected chi connectivity index (χ0v) is 19.6. The van der Waals surface area contributed by atoms with Crippen molar-refractivity contribution >= 4 is 11.6 Å². The number of hydrogen-bond donors (Lipinski definition) is 0. The lowest BCUT2D eigenvalue weighted by atomic mass is 9.89. The van der Waals surface area contributed by atoms with E-state index in [2.05, 4.69) is 40.1 Å². The molecular formula is C27H32N6O. The molecule has 4 aromatic rings. The van der Waals surface area contributed by atoms with Gasteiger partial charge < -0.3 is 9.32 Å². The highest BCUT2D eigenvalue weighted by atomic mass is 16.3. The van der Waals surface area contributed by atoms with Crippen LogP contribution in [0.25, 0.3) is 17.2 Å². The van der Waals surface area contributed by atoms with Crippen LogP contribution in [0.1, 0.15) is 55.6 Å². The van der Waals surface area contributed by atoms with Gasteiger partial charge in [0.15, 0.2) is 11.4 Å². The van der Waals surface area contributed by atoms with Crippen LogP contribution in [-0.2, 0) is 6.54 Å². The number of rotatable bonds is 5. The Morgan fingerprint density at radius 1 is 0.882 bits per heavy atom. The zero-order valence-electron chi connectivity index (χ0n) is 19.6. The lowest BCUT2D eigenvalue weighted by Gasteiger charge is -2.32. The molecule has 2 aliphatic heterocycles. The van der Waals surface area contributed by atoms with E-state index in [1.165, 1.54) is 44.1 Å². The van der Waals surface area contributed by atoms with Gasteiger partial charge in [-0.25, -0.2) is 9.97 Å². The first-order chi connectivity index (χ1) is 16.8. The van der Waals surface area contributed by atoms with Crippen LogP contribution < -0.4 is 4.90 Å². The van der Waals surface area contributed by atoms with Crippen LogP contribution in [0, 0.1) is 0 Å². The summed E-state index contributed by atoms with van der Waals surface area (Å²) in [5.41, 5.74) is 3.49. The van der Waals surface area contributed by atoms with Gasteiger partial charge in [0.05, 0.1) is 6.26 Å². The van der Waals surface area contributed by atoms with Crippen molar-refractivity contribution in [2.45, 2.75) is 51.0 Å². The van der Waals surface area contributed by atoms with Crippen molar-refractivity contribution in [3.63, 3.8) is 0 Å². The Labute approximate surface area is 200 Å². The highest BCUT2D eigenvalue weighted by Gasteiger charge is 2.24. The summed E-state index contributed by atoms with van der Waals surface area (Å²) in [7, 11) is 0. The van der Waals surface area contributed by atoms with Crippen LogP contribution in [0.5, 0.6) is 0 Å². The average Bonchev–Trinajstić information content (AvgIpc) is 3.50. The minimum absolute atomic E-state index is 0.623. The van der Waals surface area contributed by atoms with E-state index in [1.807, 2.05) is 22.8 Å². The molecule has 176 valence electrons. The van der Waals surface area contributed by atoms with E-state index in [9.17, 15) is 0 Å². The monoisotopic (exact) mass is 456 g/mol. The molecule has 2 saturated heterocycles. The molecule has 0 N–H and O–H groups in total. The fourth-order valence-electron chi connectivity index (χ4n) is 5.41. The van der Waals surface area contributed by atoms with Gasteiger partial charge in [-0.15, -0.1) is 5.10 Å². The Morgan fingerprint density at radius 3 is 2.41 bits per heavy atom. The van der Waals surface area contributed by atoms with Crippen LogP contribution >= 0.6 is 0 Å². The van der Waals surface area contributed by atoms with Crippen molar-refractivity contribution in [3.8, 4) is 11.6 Å². The fourth-order valence-corrected chi connectivity index (χ4v) is 5.41. The van der Waals surface area contributed by atoms with E-state index in [1.54, 1.807) is 6.26 Å². The van der Waals surface area contributed by atoms with Gasteiger partial charge in [0.25, 0.3) is 0 Å². The van der Waals surface area contributed by atoms with Gasteiger partial charge in [0.1, 0.15) is 0 Å². The number of fused-ring (bicyclic) bond motifs is 1. The molecule has 5 heterocycles. The molecular weight excluding hydrogens is 424 g/mol. The molecule has 7 nitrogen and oxygen atoms in total. The summed E-state index contributed by atoms with van der Waals surface area (Å²) in [6.07, 6.45) is 11.0. The molecule has 2 aliphatic rings. The summed E-state index contributed by atoms with van der Waals surface area (Å²) >= 11 is 0. The summed E-state index contributed by atoms with van der Waals surface area (Å²) in [4.78, 5) is 14.8. The molecule has 34 heavy (non-hydrogen) atoms. The quantitative estimate of drug-likeness (QED) is 0.414. The van der Waals surface area contributed by atoms with Crippen molar-refractivity contribution in [3.05, 3.63) is 66.1 Å². The minimum atomic E-state index is 0.623. The number of anilines is 1. The van der Waals surface area contributed by atoms with Crippen molar-refractivity contribution in [1.29, 1.82) is 0 Å². The predicted molar refractivity (Wildman–Crippen MR) is 133 cm³/mol. The molecule has 6 rings (SSSR count). The molecule has 0 radical (unpaired) electrons. The first-order valence-corrected chi connectivity index (χ1v) is 12.7. The van der Waals surface area contributed by atoms with Gasteiger partial charge in [0.2, 0.25) is 11.8 Å². The summed E-state index contributed by atoms with van der Waals surface area (Å²) in [6, 6.07) is 14.7. The Kier molecular flexibility index (Phi) is 6.02. The second-order valence-corrected chi connectivity index (χ2v) is 9.59. The number of furan rings is 1. The van der Waals surface area contributed by atoms with E-state index in [0.717, 1.165) is 49.9 Å². The van der Waals surface area contributed by atoms with E-state index in [-0.39, 0.29) is 0 Å². The second kappa shape index (κ2) is 9.58. The molecule has 0 unspecified atom stereocenters. The smallest absolute Gasteiger partial charge is 0.228 e. The molecule has 0 atom stereocenters. The number of likely N-dealkylation sites (tertiary alicyclic amines) is 1. The highest BCUT2D eigenvalue weighted by Crippen LogP contribution is 2.30. The first-order valence-electron chi connectivity index (χ1n) is 12.7. The molecule has 0 saturated carbocycles. The maximum absolute atomic E-state index is 5.62. The van der Waals surface area contributed by atoms with E-state index >= 15 is 0 Å². The van der Waals surface area contributed by atoms with E-state index in [4.69, 9.17) is 19.5 Å². The van der Waals surface area contributed by atoms with Gasteiger partial charge in [-0.2, -0.15) is 4.52 Å². The SMILES string of the molecule is c1ccc(C2CCN(Cc3cnc(N4CCCCCC4)n4nc(-c5ccco5)nc34)CC2)cc1. The molecule has 0 aliphatic carbocycles. The predicted octanol–water partition coefficient (Wildman–Crippen LogP) is 5.14. The maximum atomic E-state index is 5.62. The summed E-state index contributed by atoms with van der Waals surface area (Å²) in [5, 5.41) is 4.86. The lowest BCUT2D eigenvalue weighted by molar-refractivity contribution is 0.205. The largest absolute Gasteiger partial charge is 0.461 e. The second-order valence-electron chi connectivity index (χ2n) is 9.59. The lowest BCUT2D eigenvalue weighted by Crippen LogP contribution is -2.33. The van der Waals surface area contributed by atoms with E-state index in [0.29, 0.717) is 17.5 Å². The molecule has 0 bridgehead atoms. The molecule has 1 aromatic carbocycles. The summed E-state index contributed by atoms with van der Waals surface area (Å²) in [5.74, 6) is 2.87. The average molecular weight is 457 g/mol. The first kappa shape index (κ1) is 21.4. The van der Waals surface area contributed by atoms with Gasteiger partial charge in [0, 0.05) is 31.4 Å². The van der Waals surface area contributed by atoms with Crippen molar-refractivity contribution < 1.29 is 4.42 Å². The van der Waals surface area contributed by atoms with Gasteiger partial charge >= 0.3 is 0 Å². The molecule has 0 amide bonds. The molecule has 3 aromatic heterocycles.